The molecule has 0 aliphatic rings. The molecule has 0 aliphatic heterocycles. The van der Waals surface area contributed by atoms with E-state index >= 15 is 0 Å². The molecule has 13 heavy (non-hydrogen) atoms. The van der Waals surface area contributed by atoms with Crippen molar-refractivity contribution in [3.05, 3.63) is 23.1 Å². The maximum absolute atomic E-state index is 11.4. The van der Waals surface area contributed by atoms with E-state index < -0.39 is 0 Å². The Labute approximate surface area is 81.9 Å². The van der Waals surface area contributed by atoms with Gasteiger partial charge in [0.25, 0.3) is 0 Å². The molecule has 1 rings (SSSR count). The third kappa shape index (κ3) is 2.64. The van der Waals surface area contributed by atoms with Crippen LogP contribution in [0.4, 0.5) is 0 Å². The highest BCUT2D eigenvalue weighted by molar-refractivity contribution is 6.32. The Kier molecular flexibility index (Phi) is 3.60. The molecular formula is C10H9ClO2. The summed E-state index contributed by atoms with van der Waals surface area (Å²) in [6.07, 6.45) is 2.36. The molecule has 0 N–H and O–H groups in total. The fraction of sp³-hybridized carbons (Fsp3) is 0.300. The van der Waals surface area contributed by atoms with Crippen LogP contribution in [0.25, 0.3) is 0 Å². The average molecular weight is 197 g/mol. The summed E-state index contributed by atoms with van der Waals surface area (Å²) in [5.74, 6) is 5.51. The minimum absolute atomic E-state index is 0.0264. The Hall–Kier alpha value is -1.20. The molecule has 1 aromatic rings. The van der Waals surface area contributed by atoms with E-state index in [2.05, 4.69) is 11.8 Å². The first-order valence-corrected chi connectivity index (χ1v) is 4.29. The summed E-state index contributed by atoms with van der Waals surface area (Å²) >= 11 is 5.62. The van der Waals surface area contributed by atoms with Gasteiger partial charge in [0.15, 0.2) is 5.78 Å². The third-order valence-electron chi connectivity index (χ3n) is 1.57. The van der Waals surface area contributed by atoms with Crippen LogP contribution in [-0.4, -0.2) is 5.78 Å². The third-order valence-corrected chi connectivity index (χ3v) is 1.86. The van der Waals surface area contributed by atoms with E-state index in [1.807, 2.05) is 0 Å². The summed E-state index contributed by atoms with van der Waals surface area (Å²) in [4.78, 5) is 11.4. The van der Waals surface area contributed by atoms with Crippen LogP contribution in [0.15, 0.2) is 16.7 Å². The molecule has 1 heterocycles. The number of furan rings is 1. The maximum Gasteiger partial charge on any atom is 0.203 e. The molecular weight excluding hydrogens is 188 g/mol. The number of ketones is 1. The smallest absolute Gasteiger partial charge is 0.203 e. The van der Waals surface area contributed by atoms with Crippen molar-refractivity contribution in [3.8, 4) is 11.8 Å². The maximum atomic E-state index is 11.4. The van der Waals surface area contributed by atoms with Gasteiger partial charge in [-0.2, -0.15) is 0 Å². The van der Waals surface area contributed by atoms with Crippen molar-refractivity contribution in [3.63, 3.8) is 0 Å². The molecule has 0 aromatic carbocycles. The number of halogens is 1. The van der Waals surface area contributed by atoms with Gasteiger partial charge in [-0.05, 0) is 24.6 Å². The molecule has 0 atom stereocenters. The summed E-state index contributed by atoms with van der Waals surface area (Å²) in [6, 6.07) is 1.57. The number of hydrogen-bond acceptors (Lipinski definition) is 2. The van der Waals surface area contributed by atoms with Crippen molar-refractivity contribution < 1.29 is 9.21 Å². The molecule has 0 fully saturated rings. The number of Topliss-reactive ketones (excluding diaryl/α,β-unsaturated/α-hetero) is 1. The molecule has 0 radical (unpaired) electrons. The zero-order valence-corrected chi connectivity index (χ0v) is 8.02. The standard InChI is InChI=1S/C10H9ClO2/c1-2-3-4-5-9(12)8-6-7-13-10(8)11/h6-7H,4-5H2,1H3. The zero-order valence-electron chi connectivity index (χ0n) is 7.26. The lowest BCUT2D eigenvalue weighted by Crippen LogP contribution is -1.96. The second-order valence-corrected chi connectivity index (χ2v) is 2.80. The van der Waals surface area contributed by atoms with Gasteiger partial charge < -0.3 is 4.42 Å². The minimum atomic E-state index is -0.0264. The largest absolute Gasteiger partial charge is 0.452 e. The average Bonchev–Trinajstić information content (AvgIpc) is 2.52. The Morgan fingerprint density at radius 3 is 3.00 bits per heavy atom. The Balaban J connectivity index is 2.57. The van der Waals surface area contributed by atoms with Gasteiger partial charge in [0.2, 0.25) is 5.22 Å². The van der Waals surface area contributed by atoms with Gasteiger partial charge in [0.05, 0.1) is 11.8 Å². The van der Waals surface area contributed by atoms with Gasteiger partial charge in [-0.15, -0.1) is 11.8 Å². The van der Waals surface area contributed by atoms with Crippen LogP contribution in [0.5, 0.6) is 0 Å². The highest BCUT2D eigenvalue weighted by Gasteiger charge is 2.11. The molecule has 0 bridgehead atoms. The van der Waals surface area contributed by atoms with Gasteiger partial charge in [-0.3, -0.25) is 4.79 Å². The molecule has 1 aromatic heterocycles. The monoisotopic (exact) mass is 196 g/mol. The van der Waals surface area contributed by atoms with Crippen LogP contribution in [0.2, 0.25) is 5.22 Å². The van der Waals surface area contributed by atoms with E-state index in [1.54, 1.807) is 13.0 Å². The van der Waals surface area contributed by atoms with E-state index in [-0.39, 0.29) is 11.0 Å². The van der Waals surface area contributed by atoms with E-state index in [9.17, 15) is 4.79 Å². The first-order chi connectivity index (χ1) is 6.25. The van der Waals surface area contributed by atoms with Crippen LogP contribution >= 0.6 is 11.6 Å². The number of hydrogen-bond donors (Lipinski definition) is 0. The molecule has 68 valence electrons. The number of rotatable bonds is 3. The SMILES string of the molecule is CC#CCCC(=O)c1ccoc1Cl. The lowest BCUT2D eigenvalue weighted by Gasteiger charge is -1.92. The van der Waals surface area contributed by atoms with Gasteiger partial charge in [0, 0.05) is 12.8 Å². The van der Waals surface area contributed by atoms with Crippen LogP contribution in [-0.2, 0) is 0 Å². The lowest BCUT2D eigenvalue weighted by molar-refractivity contribution is 0.0984. The van der Waals surface area contributed by atoms with Gasteiger partial charge >= 0.3 is 0 Å². The second kappa shape index (κ2) is 4.74. The van der Waals surface area contributed by atoms with Crippen molar-refractivity contribution in [2.45, 2.75) is 19.8 Å². The van der Waals surface area contributed by atoms with E-state index in [0.29, 0.717) is 18.4 Å². The predicted molar refractivity (Wildman–Crippen MR) is 50.7 cm³/mol. The topological polar surface area (TPSA) is 30.2 Å². The summed E-state index contributed by atoms with van der Waals surface area (Å²) in [5, 5.41) is 0.162. The molecule has 2 nitrogen and oxygen atoms in total. The first kappa shape index (κ1) is 9.88. The second-order valence-electron chi connectivity index (χ2n) is 2.46. The highest BCUT2D eigenvalue weighted by atomic mass is 35.5. The van der Waals surface area contributed by atoms with Crippen LogP contribution in [0.1, 0.15) is 30.1 Å². The quantitative estimate of drug-likeness (QED) is 0.550. The van der Waals surface area contributed by atoms with E-state index in [0.717, 1.165) is 0 Å². The Morgan fingerprint density at radius 1 is 1.69 bits per heavy atom. The lowest BCUT2D eigenvalue weighted by atomic mass is 10.1. The van der Waals surface area contributed by atoms with Crippen LogP contribution in [0, 0.1) is 11.8 Å². The Morgan fingerprint density at radius 2 is 2.46 bits per heavy atom. The molecule has 0 saturated heterocycles. The van der Waals surface area contributed by atoms with Gasteiger partial charge in [-0.25, -0.2) is 0 Å². The predicted octanol–water partition coefficient (Wildman–Crippen LogP) is 2.92. The van der Waals surface area contributed by atoms with Crippen molar-refractivity contribution in [1.29, 1.82) is 0 Å². The highest BCUT2D eigenvalue weighted by Crippen LogP contribution is 2.18. The van der Waals surface area contributed by atoms with E-state index in [1.165, 1.54) is 6.26 Å². The van der Waals surface area contributed by atoms with Crippen molar-refractivity contribution >= 4 is 17.4 Å². The fourth-order valence-corrected chi connectivity index (χ4v) is 1.15. The summed E-state index contributed by atoms with van der Waals surface area (Å²) in [5.41, 5.74) is 0.444. The van der Waals surface area contributed by atoms with Crippen molar-refractivity contribution in [1.82, 2.24) is 0 Å². The van der Waals surface area contributed by atoms with Crippen LogP contribution in [0.3, 0.4) is 0 Å². The molecule has 0 amide bonds. The van der Waals surface area contributed by atoms with Gasteiger partial charge in [-0.1, -0.05) is 0 Å². The normalized spacial score (nSPS) is 9.08. The molecule has 0 aliphatic carbocycles. The molecule has 0 unspecified atom stereocenters. The summed E-state index contributed by atoms with van der Waals surface area (Å²) in [7, 11) is 0. The molecule has 3 heteroatoms. The molecule has 0 saturated carbocycles. The minimum Gasteiger partial charge on any atom is -0.452 e. The van der Waals surface area contributed by atoms with Crippen LogP contribution < -0.4 is 0 Å². The first-order valence-electron chi connectivity index (χ1n) is 3.91. The number of carbonyl (C=O) groups is 1. The summed E-state index contributed by atoms with van der Waals surface area (Å²) < 4.78 is 4.80. The van der Waals surface area contributed by atoms with Crippen molar-refractivity contribution in [2.75, 3.05) is 0 Å². The van der Waals surface area contributed by atoms with E-state index in [4.69, 9.17) is 16.0 Å². The summed E-state index contributed by atoms with van der Waals surface area (Å²) in [6.45, 7) is 1.75. The number of carbonyl (C=O) groups excluding carboxylic acids is 1. The Bertz CT molecular complexity index is 354. The fourth-order valence-electron chi connectivity index (χ4n) is 0.929. The zero-order chi connectivity index (χ0) is 9.68. The van der Waals surface area contributed by atoms with Gasteiger partial charge in [0.1, 0.15) is 0 Å². The van der Waals surface area contributed by atoms with Crippen molar-refractivity contribution in [2.24, 2.45) is 0 Å². The molecule has 0 spiro atoms.